The number of rotatable bonds is 6. The highest BCUT2D eigenvalue weighted by Crippen LogP contribution is 2.22. The van der Waals surface area contributed by atoms with E-state index in [1.807, 2.05) is 12.1 Å². The van der Waals surface area contributed by atoms with E-state index in [1.54, 1.807) is 24.4 Å². The second kappa shape index (κ2) is 7.10. The predicted octanol–water partition coefficient (Wildman–Crippen LogP) is 2.50. The van der Waals surface area contributed by atoms with Gasteiger partial charge >= 0.3 is 5.97 Å². The van der Waals surface area contributed by atoms with Crippen LogP contribution in [-0.2, 0) is 17.8 Å². The molecule has 0 amide bonds. The normalized spacial score (nSPS) is 10.8. The molecule has 1 aromatic carbocycles. The van der Waals surface area contributed by atoms with Gasteiger partial charge in [0.2, 0.25) is 0 Å². The number of fused-ring (bicyclic) bond motifs is 1. The van der Waals surface area contributed by atoms with Crippen LogP contribution in [0, 0.1) is 10.1 Å². The number of non-ortho nitro benzene ring substituents is 1. The molecule has 3 rings (SSSR count). The fourth-order valence-electron chi connectivity index (χ4n) is 2.50. The number of aromatic nitrogens is 2. The molecular weight excluding hydrogens is 324 g/mol. The average molecular weight is 340 g/mol. The van der Waals surface area contributed by atoms with Crippen LogP contribution in [0.4, 0.5) is 5.69 Å². The topological polar surface area (TPSA) is 110 Å². The van der Waals surface area contributed by atoms with Crippen LogP contribution in [-0.4, -0.2) is 28.0 Å². The van der Waals surface area contributed by atoms with E-state index in [9.17, 15) is 14.9 Å². The minimum Gasteiger partial charge on any atom is -0.464 e. The smallest absolute Gasteiger partial charge is 0.356 e. The number of nitro benzene ring substituents is 1. The molecule has 0 saturated carbocycles. The van der Waals surface area contributed by atoms with Crippen molar-refractivity contribution in [3.63, 3.8) is 0 Å². The first-order valence-electron chi connectivity index (χ1n) is 7.57. The van der Waals surface area contributed by atoms with Crippen LogP contribution in [0.15, 0.2) is 42.6 Å². The SMILES string of the molecule is COC(=O)c1cc2cc(CNCc3cccc([N+](=O)[O-])c3)c[nH]c-2n1. The number of benzene rings is 1. The number of H-pyrrole nitrogens is 1. The molecule has 0 saturated heterocycles. The quantitative estimate of drug-likeness (QED) is 0.405. The molecule has 128 valence electrons. The maximum absolute atomic E-state index is 11.5. The van der Waals surface area contributed by atoms with Crippen molar-refractivity contribution >= 4 is 11.7 Å². The monoisotopic (exact) mass is 340 g/mol. The molecule has 8 nitrogen and oxygen atoms in total. The van der Waals surface area contributed by atoms with E-state index >= 15 is 0 Å². The largest absolute Gasteiger partial charge is 0.464 e. The van der Waals surface area contributed by atoms with Crippen LogP contribution in [0.3, 0.4) is 0 Å². The van der Waals surface area contributed by atoms with Crippen molar-refractivity contribution in [2.75, 3.05) is 7.11 Å². The second-order valence-electron chi connectivity index (χ2n) is 5.48. The molecule has 2 heterocycles. The van der Waals surface area contributed by atoms with Crippen LogP contribution in [0.25, 0.3) is 11.4 Å². The number of nitrogens with zero attached hydrogens (tertiary/aromatic N) is 2. The first-order chi connectivity index (χ1) is 12.1. The molecule has 1 aromatic rings. The first kappa shape index (κ1) is 16.6. The Hall–Kier alpha value is -3.26. The van der Waals surface area contributed by atoms with Gasteiger partial charge in [0.1, 0.15) is 5.82 Å². The van der Waals surface area contributed by atoms with Crippen LogP contribution in [0.5, 0.6) is 0 Å². The fourth-order valence-corrected chi connectivity index (χ4v) is 2.50. The molecule has 0 fully saturated rings. The zero-order chi connectivity index (χ0) is 17.8. The summed E-state index contributed by atoms with van der Waals surface area (Å²) in [5, 5.41) is 14.0. The van der Waals surface area contributed by atoms with E-state index in [1.165, 1.54) is 13.2 Å². The minimum absolute atomic E-state index is 0.0762. The maximum Gasteiger partial charge on any atom is 0.356 e. The van der Waals surface area contributed by atoms with E-state index in [-0.39, 0.29) is 11.4 Å². The molecule has 0 radical (unpaired) electrons. The van der Waals surface area contributed by atoms with Gasteiger partial charge in [0, 0.05) is 37.0 Å². The van der Waals surface area contributed by atoms with E-state index in [0.717, 1.165) is 16.7 Å². The Balaban J connectivity index is 1.65. The van der Waals surface area contributed by atoms with Gasteiger partial charge in [0.25, 0.3) is 5.69 Å². The fraction of sp³-hybridized carbons (Fsp3) is 0.176. The summed E-state index contributed by atoms with van der Waals surface area (Å²) < 4.78 is 4.66. The number of aromatic amines is 1. The minimum atomic E-state index is -0.477. The summed E-state index contributed by atoms with van der Waals surface area (Å²) in [6.07, 6.45) is 1.80. The maximum atomic E-state index is 11.5. The van der Waals surface area contributed by atoms with E-state index in [2.05, 4.69) is 20.0 Å². The summed E-state index contributed by atoms with van der Waals surface area (Å²) >= 11 is 0. The lowest BCUT2D eigenvalue weighted by atomic mass is 10.1. The number of nitro groups is 1. The molecule has 25 heavy (non-hydrogen) atoms. The zero-order valence-corrected chi connectivity index (χ0v) is 13.5. The Morgan fingerprint density at radius 1 is 1.28 bits per heavy atom. The molecule has 0 aromatic heterocycles. The van der Waals surface area contributed by atoms with Gasteiger partial charge in [-0.25, -0.2) is 9.78 Å². The summed E-state index contributed by atoms with van der Waals surface area (Å²) in [4.78, 5) is 29.1. The summed E-state index contributed by atoms with van der Waals surface area (Å²) in [6.45, 7) is 1.07. The summed E-state index contributed by atoms with van der Waals surface area (Å²) in [6, 6.07) is 10.1. The van der Waals surface area contributed by atoms with Gasteiger partial charge in [0.05, 0.1) is 12.0 Å². The standard InChI is InChI=1S/C17H16N4O4/c1-25-17(22)15-7-13-5-12(10-19-16(13)20-15)9-18-8-11-3-2-4-14(6-11)21(23)24/h2-7,10,18H,8-9H2,1H3,(H,19,20). The number of hydrogen-bond donors (Lipinski definition) is 2. The Morgan fingerprint density at radius 3 is 2.84 bits per heavy atom. The number of carbonyl (C=O) groups is 1. The van der Waals surface area contributed by atoms with Gasteiger partial charge < -0.3 is 15.0 Å². The Labute approximate surface area is 143 Å². The van der Waals surface area contributed by atoms with Crippen LogP contribution in [0.2, 0.25) is 0 Å². The van der Waals surface area contributed by atoms with Crippen LogP contribution < -0.4 is 5.32 Å². The van der Waals surface area contributed by atoms with Crippen molar-refractivity contribution in [1.82, 2.24) is 15.3 Å². The predicted molar refractivity (Wildman–Crippen MR) is 90.2 cm³/mol. The summed E-state index contributed by atoms with van der Waals surface area (Å²) in [5.41, 5.74) is 2.96. The lowest BCUT2D eigenvalue weighted by Crippen LogP contribution is -2.13. The molecule has 8 heteroatoms. The van der Waals surface area contributed by atoms with Gasteiger partial charge in [-0.05, 0) is 23.3 Å². The van der Waals surface area contributed by atoms with Crippen LogP contribution in [0.1, 0.15) is 21.6 Å². The number of methoxy groups -OCH3 is 1. The number of esters is 1. The van der Waals surface area contributed by atoms with Gasteiger partial charge in [-0.2, -0.15) is 0 Å². The molecule has 0 atom stereocenters. The summed E-state index contributed by atoms with van der Waals surface area (Å²) in [5.74, 6) is 0.137. The Kier molecular flexibility index (Phi) is 4.71. The zero-order valence-electron chi connectivity index (χ0n) is 13.5. The van der Waals surface area contributed by atoms with E-state index in [0.29, 0.717) is 18.9 Å². The van der Waals surface area contributed by atoms with Crippen LogP contribution >= 0.6 is 0 Å². The van der Waals surface area contributed by atoms with Gasteiger partial charge in [0.15, 0.2) is 5.69 Å². The summed E-state index contributed by atoms with van der Waals surface area (Å²) in [7, 11) is 1.31. The van der Waals surface area contributed by atoms with Crippen molar-refractivity contribution in [2.24, 2.45) is 0 Å². The van der Waals surface area contributed by atoms with E-state index < -0.39 is 10.9 Å². The van der Waals surface area contributed by atoms with E-state index in [4.69, 9.17) is 0 Å². The first-order valence-corrected chi connectivity index (χ1v) is 7.57. The molecule has 0 spiro atoms. The molecule has 0 unspecified atom stereocenters. The third kappa shape index (κ3) is 3.81. The number of ether oxygens (including phenoxy) is 1. The average Bonchev–Trinajstić information content (AvgIpc) is 3.04. The van der Waals surface area contributed by atoms with Crippen molar-refractivity contribution in [3.8, 4) is 11.4 Å². The third-order valence-corrected chi connectivity index (χ3v) is 3.71. The molecule has 2 N–H and O–H groups in total. The number of hydrogen-bond acceptors (Lipinski definition) is 6. The number of nitrogens with one attached hydrogen (secondary N) is 2. The lowest BCUT2D eigenvalue weighted by molar-refractivity contribution is -0.384. The third-order valence-electron chi connectivity index (χ3n) is 3.71. The van der Waals surface area contributed by atoms with Crippen molar-refractivity contribution < 1.29 is 14.5 Å². The Bertz CT molecular complexity index is 890. The molecule has 2 aliphatic rings. The molecule has 2 aliphatic heterocycles. The van der Waals surface area contributed by atoms with Crippen molar-refractivity contribution in [3.05, 3.63) is 69.5 Å². The second-order valence-corrected chi connectivity index (χ2v) is 5.48. The van der Waals surface area contributed by atoms with Crippen molar-refractivity contribution in [2.45, 2.75) is 13.1 Å². The van der Waals surface area contributed by atoms with Gasteiger partial charge in [-0.15, -0.1) is 0 Å². The van der Waals surface area contributed by atoms with Gasteiger partial charge in [-0.3, -0.25) is 10.1 Å². The highest BCUT2D eigenvalue weighted by Gasteiger charge is 2.15. The molecule has 0 bridgehead atoms. The number of pyridine rings is 1. The van der Waals surface area contributed by atoms with Gasteiger partial charge in [-0.1, -0.05) is 12.1 Å². The molecular formula is C17H16N4O4. The molecule has 0 aliphatic carbocycles. The van der Waals surface area contributed by atoms with Crippen molar-refractivity contribution in [1.29, 1.82) is 0 Å². The Morgan fingerprint density at radius 2 is 2.08 bits per heavy atom. The highest BCUT2D eigenvalue weighted by molar-refractivity contribution is 5.90. The number of carbonyl (C=O) groups excluding carboxylic acids is 1. The lowest BCUT2D eigenvalue weighted by Gasteiger charge is -2.07. The highest BCUT2D eigenvalue weighted by atomic mass is 16.6.